The van der Waals surface area contributed by atoms with Gasteiger partial charge in [-0.2, -0.15) is 0 Å². The SMILES string of the molecule is CC(Cc1cccc(CCC(=O)CCc2ccc(N(C)C(=O)CCN3CCC(OC(=O)Nc4ccccc4-c4ccccc4)CC3)cc2)c1)NC[C@H](O)c1ccc(O)c2[nH]c(=O)ccc12. The monoisotopic (exact) mass is 877 g/mol. The molecule has 2 amide bonds. The lowest BCUT2D eigenvalue weighted by Crippen LogP contribution is -2.40. The van der Waals surface area contributed by atoms with Gasteiger partial charge in [0, 0.05) is 81.2 Å². The number of benzene rings is 5. The molecular weight excluding hydrogens is 819 g/mol. The molecule has 12 nitrogen and oxygen atoms in total. The molecule has 65 heavy (non-hydrogen) atoms. The number of fused-ring (bicyclic) bond motifs is 1. The van der Waals surface area contributed by atoms with Crippen molar-refractivity contribution >= 4 is 40.1 Å². The molecule has 0 aliphatic carbocycles. The van der Waals surface area contributed by atoms with Crippen molar-refractivity contribution in [1.82, 2.24) is 15.2 Å². The fourth-order valence-electron chi connectivity index (χ4n) is 8.46. The molecule has 0 bridgehead atoms. The number of nitrogens with one attached hydrogen (secondary N) is 3. The lowest BCUT2D eigenvalue weighted by molar-refractivity contribution is -0.119. The highest BCUT2D eigenvalue weighted by Gasteiger charge is 2.24. The Balaban J connectivity index is 0.775. The third kappa shape index (κ3) is 13.0. The van der Waals surface area contributed by atoms with Gasteiger partial charge >= 0.3 is 6.09 Å². The second-order valence-corrected chi connectivity index (χ2v) is 17.0. The number of nitrogens with zero attached hydrogens (tertiary/aromatic N) is 2. The molecule has 2 heterocycles. The van der Waals surface area contributed by atoms with E-state index >= 15 is 0 Å². The second kappa shape index (κ2) is 22.3. The summed E-state index contributed by atoms with van der Waals surface area (Å²) in [5.41, 5.74) is 7.35. The van der Waals surface area contributed by atoms with E-state index in [-0.39, 0.29) is 35.1 Å². The largest absolute Gasteiger partial charge is 0.506 e. The molecule has 5 N–H and O–H groups in total. The van der Waals surface area contributed by atoms with Crippen molar-refractivity contribution in [2.75, 3.05) is 43.4 Å². The van der Waals surface area contributed by atoms with Gasteiger partial charge in [-0.15, -0.1) is 0 Å². The number of hydrogen-bond donors (Lipinski definition) is 5. The number of likely N-dealkylation sites (tertiary alicyclic amines) is 1. The van der Waals surface area contributed by atoms with Crippen LogP contribution < -0.4 is 21.1 Å². The van der Waals surface area contributed by atoms with E-state index in [9.17, 15) is 29.4 Å². The van der Waals surface area contributed by atoms with Gasteiger partial charge in [-0.3, -0.25) is 19.7 Å². The number of aromatic hydroxyl groups is 1. The number of aromatic nitrogens is 1. The van der Waals surface area contributed by atoms with Gasteiger partial charge in [0.2, 0.25) is 11.5 Å². The molecule has 0 spiro atoms. The van der Waals surface area contributed by atoms with Crippen LogP contribution in [0.1, 0.15) is 67.4 Å². The number of rotatable bonds is 19. The van der Waals surface area contributed by atoms with Crippen LogP contribution in [0.3, 0.4) is 0 Å². The van der Waals surface area contributed by atoms with Gasteiger partial charge in [-0.05, 0) is 97.2 Å². The lowest BCUT2D eigenvalue weighted by atomic mass is 9.99. The minimum Gasteiger partial charge on any atom is -0.506 e. The van der Waals surface area contributed by atoms with Crippen LogP contribution in [-0.2, 0) is 33.6 Å². The average Bonchev–Trinajstić information content (AvgIpc) is 3.32. The predicted octanol–water partition coefficient (Wildman–Crippen LogP) is 8.36. The fourth-order valence-corrected chi connectivity index (χ4v) is 8.46. The van der Waals surface area contributed by atoms with Crippen LogP contribution in [0.5, 0.6) is 5.75 Å². The maximum absolute atomic E-state index is 13.2. The molecule has 7 rings (SSSR count). The standard InChI is InChI=1S/C53H59N5O7/c1-36(54-35-49(61)45-23-25-48(60)52-46(45)24-26-50(62)56-52)33-39-10-8-9-38(34-39)18-22-42(59)21-17-37-15-19-41(20-16-37)57(2)51(63)29-32-58-30-27-43(28-31-58)65-53(64)55-47-14-7-6-13-44(47)40-11-4-3-5-12-40/h3-16,19-20,23-26,34,36,43,49,54,60-61H,17-18,21-22,27-33,35H2,1-2H3,(H,55,64)(H,56,62)/t36?,49-/m0/s1. The molecular formula is C53H59N5O7. The van der Waals surface area contributed by atoms with Crippen LogP contribution in [0.2, 0.25) is 0 Å². The Morgan fingerprint density at radius 2 is 1.52 bits per heavy atom. The molecule has 0 saturated carbocycles. The lowest BCUT2D eigenvalue weighted by Gasteiger charge is -2.31. The first-order chi connectivity index (χ1) is 31.5. The highest BCUT2D eigenvalue weighted by molar-refractivity contribution is 5.93. The highest BCUT2D eigenvalue weighted by Crippen LogP contribution is 2.30. The Kier molecular flexibility index (Phi) is 15.9. The fraction of sp³-hybridized carbons (Fsp3) is 0.321. The summed E-state index contributed by atoms with van der Waals surface area (Å²) in [7, 11) is 1.79. The van der Waals surface area contributed by atoms with Crippen LogP contribution in [0.15, 0.2) is 132 Å². The van der Waals surface area contributed by atoms with E-state index in [1.54, 1.807) is 24.1 Å². The minimum atomic E-state index is -0.842. The van der Waals surface area contributed by atoms with Crippen LogP contribution in [0, 0.1) is 0 Å². The van der Waals surface area contributed by atoms with Gasteiger partial charge in [0.15, 0.2) is 0 Å². The van der Waals surface area contributed by atoms with Crippen molar-refractivity contribution < 1.29 is 29.3 Å². The number of aryl methyl sites for hydroxylation is 2. The first-order valence-corrected chi connectivity index (χ1v) is 22.5. The quantitative estimate of drug-likeness (QED) is 0.0538. The number of carbonyl (C=O) groups excluding carboxylic acids is 3. The summed E-state index contributed by atoms with van der Waals surface area (Å²) in [6, 6.07) is 39.9. The van der Waals surface area contributed by atoms with Crippen molar-refractivity contribution in [3.63, 3.8) is 0 Å². The van der Waals surface area contributed by atoms with E-state index in [4.69, 9.17) is 4.74 Å². The maximum Gasteiger partial charge on any atom is 0.411 e. The Labute approximate surface area is 380 Å². The van der Waals surface area contributed by atoms with E-state index in [1.807, 2.05) is 91.0 Å². The zero-order valence-corrected chi connectivity index (χ0v) is 37.2. The highest BCUT2D eigenvalue weighted by atomic mass is 16.6. The van der Waals surface area contributed by atoms with E-state index in [1.165, 1.54) is 12.1 Å². The van der Waals surface area contributed by atoms with Crippen molar-refractivity contribution in [3.8, 4) is 16.9 Å². The minimum absolute atomic E-state index is 0.0242. The summed E-state index contributed by atoms with van der Waals surface area (Å²) >= 11 is 0. The van der Waals surface area contributed by atoms with E-state index in [2.05, 4.69) is 39.6 Å². The normalized spacial score (nSPS) is 14.1. The number of hydrogen-bond acceptors (Lipinski definition) is 9. The number of pyridine rings is 1. The van der Waals surface area contributed by atoms with Crippen LogP contribution in [0.25, 0.3) is 22.0 Å². The smallest absolute Gasteiger partial charge is 0.411 e. The van der Waals surface area contributed by atoms with Gasteiger partial charge in [-0.25, -0.2) is 4.79 Å². The van der Waals surface area contributed by atoms with E-state index in [0.29, 0.717) is 80.2 Å². The van der Waals surface area contributed by atoms with Crippen LogP contribution in [-0.4, -0.2) is 83.3 Å². The number of para-hydroxylation sites is 1. The zero-order valence-electron chi connectivity index (χ0n) is 37.2. The third-order valence-corrected chi connectivity index (χ3v) is 12.2. The number of phenolic OH excluding ortho intramolecular Hbond substituents is 1. The summed E-state index contributed by atoms with van der Waals surface area (Å²) in [4.78, 5) is 57.3. The van der Waals surface area contributed by atoms with Crippen molar-refractivity contribution in [2.24, 2.45) is 0 Å². The van der Waals surface area contributed by atoms with Crippen LogP contribution in [0.4, 0.5) is 16.2 Å². The molecule has 0 radical (unpaired) electrons. The first kappa shape index (κ1) is 46.4. The molecule has 1 fully saturated rings. The average molecular weight is 878 g/mol. The molecule has 1 aliphatic rings. The van der Waals surface area contributed by atoms with Crippen molar-refractivity contribution in [3.05, 3.63) is 160 Å². The summed E-state index contributed by atoms with van der Waals surface area (Å²) < 4.78 is 5.79. The summed E-state index contributed by atoms with van der Waals surface area (Å²) in [6.07, 6.45) is 3.22. The number of phenols is 1. The van der Waals surface area contributed by atoms with Gasteiger partial charge < -0.3 is 35.1 Å². The number of aromatic amines is 1. The number of Topliss-reactive ketones (excluding diaryl/α,β-unsaturated/α-hetero) is 1. The molecule has 5 aromatic carbocycles. The predicted molar refractivity (Wildman–Crippen MR) is 256 cm³/mol. The Morgan fingerprint density at radius 3 is 2.29 bits per heavy atom. The number of aliphatic hydroxyl groups excluding tert-OH is 1. The molecule has 338 valence electrons. The van der Waals surface area contributed by atoms with E-state index < -0.39 is 12.2 Å². The Hall–Kier alpha value is -6.60. The molecule has 1 aromatic heterocycles. The second-order valence-electron chi connectivity index (χ2n) is 17.0. The number of aliphatic hydroxyl groups is 1. The topological polar surface area (TPSA) is 164 Å². The molecule has 1 aliphatic heterocycles. The van der Waals surface area contributed by atoms with Crippen LogP contribution >= 0.6 is 0 Å². The van der Waals surface area contributed by atoms with Gasteiger partial charge in [0.25, 0.3) is 0 Å². The number of ether oxygens (including phenoxy) is 1. The molecule has 12 heteroatoms. The third-order valence-electron chi connectivity index (χ3n) is 12.2. The van der Waals surface area contributed by atoms with Gasteiger partial charge in [0.05, 0.1) is 17.3 Å². The number of amides is 2. The summed E-state index contributed by atoms with van der Waals surface area (Å²) in [6.45, 7) is 4.47. The van der Waals surface area contributed by atoms with Crippen molar-refractivity contribution in [1.29, 1.82) is 0 Å². The van der Waals surface area contributed by atoms with Gasteiger partial charge in [0.1, 0.15) is 17.6 Å². The van der Waals surface area contributed by atoms with E-state index in [0.717, 1.165) is 53.0 Å². The first-order valence-electron chi connectivity index (χ1n) is 22.5. The maximum atomic E-state index is 13.2. The van der Waals surface area contributed by atoms with Crippen molar-refractivity contribution in [2.45, 2.75) is 76.5 Å². The number of ketones is 1. The number of carbonyl (C=O) groups is 3. The molecule has 1 saturated heterocycles. The zero-order chi connectivity index (χ0) is 45.7. The number of piperidine rings is 1. The van der Waals surface area contributed by atoms with Gasteiger partial charge in [-0.1, -0.05) is 91.0 Å². The summed E-state index contributed by atoms with van der Waals surface area (Å²) in [5.74, 6) is 0.179. The summed E-state index contributed by atoms with van der Waals surface area (Å²) in [5, 5.41) is 28.1. The molecule has 1 unspecified atom stereocenters. The molecule has 2 atom stereocenters. The molecule has 6 aromatic rings. The number of H-pyrrole nitrogens is 1. The Morgan fingerprint density at radius 1 is 0.815 bits per heavy atom. The Bertz CT molecular complexity index is 2610. The number of anilines is 2.